The SMILES string of the molecule is Cc1ccc(-c2cc(C(=O)N3CC=C[C@@H]3CO)c3ccccc3n2)cc1. The van der Waals surface area contributed by atoms with Gasteiger partial charge in [0.25, 0.3) is 5.91 Å². The molecule has 0 saturated carbocycles. The van der Waals surface area contributed by atoms with Gasteiger partial charge in [-0.3, -0.25) is 4.79 Å². The summed E-state index contributed by atoms with van der Waals surface area (Å²) in [5.41, 5.74) is 4.35. The fraction of sp³-hybridized carbons (Fsp3) is 0.182. The van der Waals surface area contributed by atoms with Crippen molar-refractivity contribution in [3.63, 3.8) is 0 Å². The highest BCUT2D eigenvalue weighted by atomic mass is 16.3. The number of nitrogens with zero attached hydrogens (tertiary/aromatic N) is 2. The van der Waals surface area contributed by atoms with Crippen molar-refractivity contribution in [1.29, 1.82) is 0 Å². The molecule has 2 heterocycles. The Bertz CT molecular complexity index is 993. The molecule has 0 unspecified atom stereocenters. The number of amides is 1. The Morgan fingerprint density at radius 1 is 1.19 bits per heavy atom. The van der Waals surface area contributed by atoms with Gasteiger partial charge in [-0.2, -0.15) is 0 Å². The van der Waals surface area contributed by atoms with Crippen molar-refractivity contribution in [2.24, 2.45) is 0 Å². The quantitative estimate of drug-likeness (QED) is 0.739. The Morgan fingerprint density at radius 2 is 1.96 bits per heavy atom. The molecule has 4 nitrogen and oxygen atoms in total. The molecule has 3 aromatic rings. The summed E-state index contributed by atoms with van der Waals surface area (Å²) >= 11 is 0. The maximum atomic E-state index is 13.2. The minimum absolute atomic E-state index is 0.0733. The van der Waals surface area contributed by atoms with Gasteiger partial charge < -0.3 is 10.0 Å². The van der Waals surface area contributed by atoms with E-state index in [-0.39, 0.29) is 18.6 Å². The monoisotopic (exact) mass is 344 g/mol. The van der Waals surface area contributed by atoms with Gasteiger partial charge in [0, 0.05) is 17.5 Å². The second kappa shape index (κ2) is 6.73. The molecule has 4 heteroatoms. The summed E-state index contributed by atoms with van der Waals surface area (Å²) in [6.45, 7) is 2.48. The minimum Gasteiger partial charge on any atom is -0.394 e. The first-order chi connectivity index (χ1) is 12.7. The molecule has 1 N–H and O–H groups in total. The number of rotatable bonds is 3. The van der Waals surface area contributed by atoms with E-state index >= 15 is 0 Å². The summed E-state index contributed by atoms with van der Waals surface area (Å²) < 4.78 is 0. The van der Waals surface area contributed by atoms with Crippen LogP contribution in [0.5, 0.6) is 0 Å². The van der Waals surface area contributed by atoms with Crippen LogP contribution >= 0.6 is 0 Å². The van der Waals surface area contributed by atoms with Gasteiger partial charge in [-0.15, -0.1) is 0 Å². The number of carbonyl (C=O) groups excluding carboxylic acids is 1. The summed E-state index contributed by atoms with van der Waals surface area (Å²) in [6, 6.07) is 17.4. The summed E-state index contributed by atoms with van der Waals surface area (Å²) in [5.74, 6) is -0.0824. The average molecular weight is 344 g/mol. The molecule has 4 rings (SSSR count). The number of aromatic nitrogens is 1. The van der Waals surface area contributed by atoms with Crippen LogP contribution in [0, 0.1) is 6.92 Å². The zero-order valence-corrected chi connectivity index (χ0v) is 14.6. The summed E-state index contributed by atoms with van der Waals surface area (Å²) in [7, 11) is 0. The molecule has 1 aliphatic heterocycles. The molecule has 1 aliphatic rings. The number of carbonyl (C=O) groups is 1. The Labute approximate surface area is 152 Å². The number of aliphatic hydroxyl groups excluding tert-OH is 1. The summed E-state index contributed by atoms with van der Waals surface area (Å²) in [5, 5.41) is 10.4. The lowest BCUT2D eigenvalue weighted by Crippen LogP contribution is -2.38. The number of fused-ring (bicyclic) bond motifs is 1. The van der Waals surface area contributed by atoms with Crippen LogP contribution in [0.4, 0.5) is 0 Å². The topological polar surface area (TPSA) is 53.4 Å². The van der Waals surface area contributed by atoms with Crippen LogP contribution in [-0.2, 0) is 0 Å². The van der Waals surface area contributed by atoms with Gasteiger partial charge in [-0.05, 0) is 19.1 Å². The molecule has 26 heavy (non-hydrogen) atoms. The zero-order valence-electron chi connectivity index (χ0n) is 14.6. The molecule has 0 bridgehead atoms. The van der Waals surface area contributed by atoms with Crippen molar-refractivity contribution in [3.8, 4) is 11.3 Å². The molecule has 0 fully saturated rings. The third kappa shape index (κ3) is 2.89. The van der Waals surface area contributed by atoms with Crippen LogP contribution in [0.1, 0.15) is 15.9 Å². The van der Waals surface area contributed by atoms with Gasteiger partial charge in [0.15, 0.2) is 0 Å². The molecular weight excluding hydrogens is 324 g/mol. The Balaban J connectivity index is 1.85. The molecule has 0 saturated heterocycles. The number of aryl methyl sites for hydroxylation is 1. The van der Waals surface area contributed by atoms with Gasteiger partial charge in [0.1, 0.15) is 0 Å². The van der Waals surface area contributed by atoms with E-state index in [9.17, 15) is 9.90 Å². The number of benzene rings is 2. The van der Waals surface area contributed by atoms with E-state index in [0.717, 1.165) is 22.2 Å². The van der Waals surface area contributed by atoms with Gasteiger partial charge in [-0.25, -0.2) is 4.98 Å². The first-order valence-corrected chi connectivity index (χ1v) is 8.72. The maximum Gasteiger partial charge on any atom is 0.255 e. The van der Waals surface area contributed by atoms with Crippen molar-refractivity contribution in [2.45, 2.75) is 13.0 Å². The van der Waals surface area contributed by atoms with Crippen molar-refractivity contribution >= 4 is 16.8 Å². The molecular formula is C22H20N2O2. The minimum atomic E-state index is -0.266. The largest absolute Gasteiger partial charge is 0.394 e. The highest BCUT2D eigenvalue weighted by Crippen LogP contribution is 2.27. The highest BCUT2D eigenvalue weighted by molar-refractivity contribution is 6.07. The number of pyridine rings is 1. The second-order valence-corrected chi connectivity index (χ2v) is 6.57. The van der Waals surface area contributed by atoms with E-state index in [1.807, 2.05) is 73.7 Å². The molecule has 1 aromatic heterocycles. The van der Waals surface area contributed by atoms with Gasteiger partial charge in [0.2, 0.25) is 0 Å². The van der Waals surface area contributed by atoms with E-state index in [1.54, 1.807) is 4.90 Å². The van der Waals surface area contributed by atoms with Crippen molar-refractivity contribution < 1.29 is 9.90 Å². The van der Waals surface area contributed by atoms with E-state index in [0.29, 0.717) is 12.1 Å². The maximum absolute atomic E-state index is 13.2. The number of hydrogen-bond donors (Lipinski definition) is 1. The third-order valence-electron chi connectivity index (χ3n) is 4.80. The first-order valence-electron chi connectivity index (χ1n) is 8.72. The molecule has 0 radical (unpaired) electrons. The zero-order chi connectivity index (χ0) is 18.1. The van der Waals surface area contributed by atoms with Crippen LogP contribution in [0.25, 0.3) is 22.2 Å². The number of aliphatic hydroxyl groups is 1. The van der Waals surface area contributed by atoms with E-state index in [4.69, 9.17) is 4.98 Å². The summed E-state index contributed by atoms with van der Waals surface area (Å²) in [6.07, 6.45) is 3.80. The van der Waals surface area contributed by atoms with E-state index < -0.39 is 0 Å². The number of para-hydroxylation sites is 1. The lowest BCUT2D eigenvalue weighted by molar-refractivity contribution is 0.0702. The normalized spacial score (nSPS) is 16.4. The van der Waals surface area contributed by atoms with E-state index in [2.05, 4.69) is 0 Å². The predicted octanol–water partition coefficient (Wildman–Crippen LogP) is 3.58. The van der Waals surface area contributed by atoms with Crippen molar-refractivity contribution in [2.75, 3.05) is 13.2 Å². The third-order valence-corrected chi connectivity index (χ3v) is 4.80. The molecule has 0 aliphatic carbocycles. The lowest BCUT2D eigenvalue weighted by atomic mass is 10.0. The standard InChI is InChI=1S/C22H20N2O2/c1-15-8-10-16(11-9-15)21-13-19(18-6-2-3-7-20(18)23-21)22(26)24-12-4-5-17(24)14-25/h2-11,13,17,25H,12,14H2,1H3/t17-/m1/s1. The smallest absolute Gasteiger partial charge is 0.255 e. The molecule has 0 spiro atoms. The Morgan fingerprint density at radius 3 is 2.73 bits per heavy atom. The Hall–Kier alpha value is -2.98. The molecule has 130 valence electrons. The molecule has 1 amide bonds. The van der Waals surface area contributed by atoms with Crippen LogP contribution in [0.3, 0.4) is 0 Å². The predicted molar refractivity (Wildman–Crippen MR) is 103 cm³/mol. The van der Waals surface area contributed by atoms with Gasteiger partial charge in [-0.1, -0.05) is 60.2 Å². The Kier molecular flexibility index (Phi) is 4.27. The van der Waals surface area contributed by atoms with Crippen LogP contribution in [0.2, 0.25) is 0 Å². The highest BCUT2D eigenvalue weighted by Gasteiger charge is 2.26. The lowest BCUT2D eigenvalue weighted by Gasteiger charge is -2.24. The molecule has 2 aromatic carbocycles. The summed E-state index contributed by atoms with van der Waals surface area (Å²) in [4.78, 5) is 19.7. The second-order valence-electron chi connectivity index (χ2n) is 6.57. The first kappa shape index (κ1) is 16.5. The fourth-order valence-corrected chi connectivity index (χ4v) is 3.34. The van der Waals surface area contributed by atoms with Gasteiger partial charge >= 0.3 is 0 Å². The van der Waals surface area contributed by atoms with E-state index in [1.165, 1.54) is 5.56 Å². The van der Waals surface area contributed by atoms with Gasteiger partial charge in [0.05, 0.1) is 29.4 Å². The van der Waals surface area contributed by atoms with Crippen molar-refractivity contribution in [3.05, 3.63) is 77.9 Å². The van der Waals surface area contributed by atoms with Crippen LogP contribution in [-0.4, -0.2) is 40.1 Å². The van der Waals surface area contributed by atoms with Crippen molar-refractivity contribution in [1.82, 2.24) is 9.88 Å². The molecule has 1 atom stereocenters. The number of hydrogen-bond acceptors (Lipinski definition) is 3. The van der Waals surface area contributed by atoms with Crippen LogP contribution < -0.4 is 0 Å². The fourth-order valence-electron chi connectivity index (χ4n) is 3.34. The average Bonchev–Trinajstić information content (AvgIpc) is 3.16. The van der Waals surface area contributed by atoms with Crippen LogP contribution in [0.15, 0.2) is 66.7 Å².